The highest BCUT2D eigenvalue weighted by atomic mass is 35.5. The summed E-state index contributed by atoms with van der Waals surface area (Å²) >= 11 is 6.01. The molecule has 0 radical (unpaired) electrons. The van der Waals surface area contributed by atoms with Crippen LogP contribution in [0.3, 0.4) is 0 Å². The third kappa shape index (κ3) is 6.77. The van der Waals surface area contributed by atoms with E-state index < -0.39 is 43.2 Å². The van der Waals surface area contributed by atoms with Crippen LogP contribution in [-0.4, -0.2) is 33.5 Å². The van der Waals surface area contributed by atoms with Gasteiger partial charge in [0.15, 0.2) is 0 Å². The zero-order chi connectivity index (χ0) is 25.7. The van der Waals surface area contributed by atoms with E-state index >= 15 is 0 Å². The molecule has 4 rings (SSSR count). The number of halogens is 2. The van der Waals surface area contributed by atoms with Crippen molar-refractivity contribution in [2.75, 3.05) is 6.61 Å². The number of benzene rings is 2. The van der Waals surface area contributed by atoms with Crippen LogP contribution in [0.2, 0.25) is 5.02 Å². The molecule has 1 aliphatic heterocycles. The molecule has 4 atom stereocenters. The first-order valence-electron chi connectivity index (χ1n) is 11.0. The quantitative estimate of drug-likeness (QED) is 0.335. The Balaban J connectivity index is 1.44. The number of hydrogen-bond donors (Lipinski definition) is 3. The number of nitrogens with zero attached hydrogens (tertiary/aromatic N) is 1. The van der Waals surface area contributed by atoms with Gasteiger partial charge in [-0.3, -0.25) is 23.4 Å². The second-order valence-electron chi connectivity index (χ2n) is 8.09. The molecule has 1 fully saturated rings. The molecule has 0 amide bonds. The van der Waals surface area contributed by atoms with Gasteiger partial charge in [0.1, 0.15) is 12.3 Å². The first-order valence-corrected chi connectivity index (χ1v) is 12.9. The average molecular weight is 540 g/mol. The maximum Gasteiger partial charge on any atom is 0.406 e. The highest BCUT2D eigenvalue weighted by Crippen LogP contribution is 2.46. The zero-order valence-corrected chi connectivity index (χ0v) is 20.5. The lowest BCUT2D eigenvalue weighted by molar-refractivity contribution is -0.0442. The Bertz CT molecular complexity index is 1350. The fourth-order valence-corrected chi connectivity index (χ4v) is 5.09. The molecule has 0 aliphatic carbocycles. The van der Waals surface area contributed by atoms with Gasteiger partial charge >= 0.3 is 13.4 Å². The normalized spacial score (nSPS) is 21.4. The standard InChI is InChI=1S/C23H24ClFN3O7P/c24-17-8-4-7-16(9-17)13-33-36(32,26-11-15-5-2-1-3-6-15)34-14-20-19(29)10-21(35-20)28-12-18(25)22(30)27-23(28)31/h1-9,12,19-21,29H,10-11,13-14H2,(H,26,32)(H,27,30,31)/t19-,20+,21+,36?/m0/s1. The van der Waals surface area contributed by atoms with Gasteiger partial charge in [0.2, 0.25) is 5.82 Å². The predicted molar refractivity (Wildman–Crippen MR) is 129 cm³/mol. The van der Waals surface area contributed by atoms with Gasteiger partial charge in [-0.15, -0.1) is 0 Å². The predicted octanol–water partition coefficient (Wildman–Crippen LogP) is 3.11. The van der Waals surface area contributed by atoms with Crippen molar-refractivity contribution in [2.24, 2.45) is 0 Å². The molecule has 36 heavy (non-hydrogen) atoms. The molecule has 0 saturated carbocycles. The Morgan fingerprint density at radius 3 is 2.67 bits per heavy atom. The van der Waals surface area contributed by atoms with E-state index in [0.717, 1.165) is 10.1 Å². The summed E-state index contributed by atoms with van der Waals surface area (Å²) in [5, 5.41) is 13.7. The topological polar surface area (TPSA) is 132 Å². The van der Waals surface area contributed by atoms with Crippen LogP contribution in [0.4, 0.5) is 4.39 Å². The van der Waals surface area contributed by atoms with Crippen LogP contribution >= 0.6 is 19.3 Å². The van der Waals surface area contributed by atoms with Gasteiger partial charge in [0.05, 0.1) is 25.5 Å². The zero-order valence-electron chi connectivity index (χ0n) is 18.9. The smallest absolute Gasteiger partial charge is 0.390 e. The molecule has 2 heterocycles. The van der Waals surface area contributed by atoms with Crippen molar-refractivity contribution in [1.29, 1.82) is 0 Å². The number of aliphatic hydroxyl groups is 1. The number of nitrogens with one attached hydrogen (secondary N) is 2. The number of hydrogen-bond acceptors (Lipinski definition) is 7. The molecule has 3 N–H and O–H groups in total. The second-order valence-corrected chi connectivity index (χ2v) is 10.4. The van der Waals surface area contributed by atoms with Crippen molar-refractivity contribution in [3.8, 4) is 0 Å². The first kappa shape index (κ1) is 26.4. The Kier molecular flexibility index (Phi) is 8.53. The van der Waals surface area contributed by atoms with E-state index in [-0.39, 0.29) is 26.2 Å². The summed E-state index contributed by atoms with van der Waals surface area (Å²) in [5.41, 5.74) is -0.536. The fourth-order valence-electron chi connectivity index (χ4n) is 3.58. The highest BCUT2D eigenvalue weighted by Gasteiger charge is 2.38. The Labute approximate surface area is 210 Å². The number of rotatable bonds is 10. The van der Waals surface area contributed by atoms with Crippen molar-refractivity contribution in [2.45, 2.75) is 38.0 Å². The molecule has 3 aromatic rings. The molecule has 1 aromatic heterocycles. The number of aromatic nitrogens is 2. The fraction of sp³-hybridized carbons (Fsp3) is 0.304. The van der Waals surface area contributed by atoms with E-state index in [9.17, 15) is 23.7 Å². The minimum Gasteiger partial charge on any atom is -0.390 e. The average Bonchev–Trinajstić information content (AvgIpc) is 3.23. The van der Waals surface area contributed by atoms with Crippen LogP contribution in [-0.2, 0) is 31.5 Å². The monoisotopic (exact) mass is 539 g/mol. The first-order chi connectivity index (χ1) is 17.2. The van der Waals surface area contributed by atoms with Crippen molar-refractivity contribution in [1.82, 2.24) is 14.6 Å². The number of H-pyrrole nitrogens is 1. The summed E-state index contributed by atoms with van der Waals surface area (Å²) in [4.78, 5) is 25.2. The molecule has 1 saturated heterocycles. The lowest BCUT2D eigenvalue weighted by Gasteiger charge is -2.22. The molecule has 1 aliphatic rings. The van der Waals surface area contributed by atoms with Gasteiger partial charge < -0.3 is 9.84 Å². The van der Waals surface area contributed by atoms with E-state index in [1.54, 1.807) is 24.3 Å². The Morgan fingerprint density at radius 1 is 1.17 bits per heavy atom. The maximum absolute atomic E-state index is 13.7. The van der Waals surface area contributed by atoms with Crippen LogP contribution in [0.1, 0.15) is 23.8 Å². The third-order valence-electron chi connectivity index (χ3n) is 5.46. The minimum absolute atomic E-state index is 0.0671. The van der Waals surface area contributed by atoms with Crippen molar-refractivity contribution in [3.05, 3.63) is 104 Å². The lowest BCUT2D eigenvalue weighted by Crippen LogP contribution is -2.34. The Hall–Kier alpha value is -2.63. The second kappa shape index (κ2) is 11.6. The Morgan fingerprint density at radius 2 is 1.92 bits per heavy atom. The van der Waals surface area contributed by atoms with E-state index in [0.29, 0.717) is 16.8 Å². The summed E-state index contributed by atoms with van der Waals surface area (Å²) in [6.45, 7) is -0.244. The van der Waals surface area contributed by atoms with Crippen LogP contribution in [0, 0.1) is 5.82 Å². The summed E-state index contributed by atoms with van der Waals surface area (Å²) < 4.78 is 44.9. The number of aromatic amines is 1. The molecular weight excluding hydrogens is 516 g/mol. The largest absolute Gasteiger partial charge is 0.406 e. The van der Waals surface area contributed by atoms with E-state index in [1.807, 2.05) is 35.3 Å². The minimum atomic E-state index is -3.92. The van der Waals surface area contributed by atoms with Gasteiger partial charge in [0, 0.05) is 18.0 Å². The molecule has 0 spiro atoms. The van der Waals surface area contributed by atoms with E-state index in [1.165, 1.54) is 0 Å². The van der Waals surface area contributed by atoms with Crippen LogP contribution in [0.25, 0.3) is 0 Å². The summed E-state index contributed by atoms with van der Waals surface area (Å²) in [6, 6.07) is 16.0. The van der Waals surface area contributed by atoms with Crippen molar-refractivity contribution >= 4 is 19.3 Å². The SMILES string of the molecule is O=c1[nH]c(=O)n([C@H]2C[C@H](O)[C@@H](COP(=O)(NCc3ccccc3)OCc3cccc(Cl)c3)O2)cc1F. The summed E-state index contributed by atoms with van der Waals surface area (Å²) in [7, 11) is -3.92. The maximum atomic E-state index is 13.7. The number of ether oxygens (including phenoxy) is 1. The summed E-state index contributed by atoms with van der Waals surface area (Å²) in [6.07, 6.45) is -2.55. The number of aliphatic hydroxyl groups excluding tert-OH is 1. The molecule has 1 unspecified atom stereocenters. The highest BCUT2D eigenvalue weighted by molar-refractivity contribution is 7.51. The molecule has 10 nitrogen and oxygen atoms in total. The molecular formula is C23H24ClFN3O7P. The van der Waals surface area contributed by atoms with Gasteiger partial charge in [-0.2, -0.15) is 4.39 Å². The van der Waals surface area contributed by atoms with Crippen LogP contribution in [0.5, 0.6) is 0 Å². The van der Waals surface area contributed by atoms with Crippen LogP contribution in [0.15, 0.2) is 70.4 Å². The summed E-state index contributed by atoms with van der Waals surface area (Å²) in [5.74, 6) is -1.17. The lowest BCUT2D eigenvalue weighted by atomic mass is 10.2. The van der Waals surface area contributed by atoms with E-state index in [2.05, 4.69) is 5.09 Å². The third-order valence-corrected chi connectivity index (χ3v) is 7.20. The molecule has 192 valence electrons. The molecule has 0 bridgehead atoms. The van der Waals surface area contributed by atoms with Gasteiger partial charge in [0.25, 0.3) is 5.56 Å². The molecule has 13 heteroatoms. The van der Waals surface area contributed by atoms with E-state index in [4.69, 9.17) is 25.4 Å². The molecule has 2 aromatic carbocycles. The van der Waals surface area contributed by atoms with Gasteiger partial charge in [-0.1, -0.05) is 54.1 Å². The van der Waals surface area contributed by atoms with Gasteiger partial charge in [-0.05, 0) is 23.3 Å². The van der Waals surface area contributed by atoms with Crippen LogP contribution < -0.4 is 16.3 Å². The van der Waals surface area contributed by atoms with Crippen molar-refractivity contribution in [3.63, 3.8) is 0 Å². The van der Waals surface area contributed by atoms with Gasteiger partial charge in [-0.25, -0.2) is 14.4 Å². The van der Waals surface area contributed by atoms with Crippen molar-refractivity contribution < 1.29 is 27.8 Å².